The van der Waals surface area contributed by atoms with Crippen molar-refractivity contribution in [2.45, 2.75) is 45.4 Å². The second-order valence-corrected chi connectivity index (χ2v) is 8.07. The molecule has 1 N–H and O–H groups in total. The van der Waals surface area contributed by atoms with Gasteiger partial charge in [-0.1, -0.05) is 6.07 Å². The van der Waals surface area contributed by atoms with E-state index in [0.717, 1.165) is 25.7 Å². The zero-order valence-corrected chi connectivity index (χ0v) is 13.8. The topological polar surface area (TPSA) is 15.3 Å². The molecule has 1 saturated carbocycles. The lowest BCUT2D eigenvalue weighted by atomic mass is 10.2. The largest absolute Gasteiger partial charge is 0.309 e. The van der Waals surface area contributed by atoms with Gasteiger partial charge in [-0.3, -0.25) is 4.90 Å². The van der Waals surface area contributed by atoms with Crippen LogP contribution in [0, 0.1) is 6.92 Å². The first kappa shape index (κ1) is 14.3. The molecule has 0 amide bonds. The average Bonchev–Trinajstić information content (AvgIpc) is 2.99. The standard InChI is InChI=1S/C16H22N2S2/c1-12-13(8-16(20-12)9-17-14-5-6-14)10-18(2)11-15-4-3-7-19-15/h3-4,7-8,14,17H,5-6,9-11H2,1-2H3. The molecule has 2 heterocycles. The van der Waals surface area contributed by atoms with E-state index >= 15 is 0 Å². The molecular weight excluding hydrogens is 284 g/mol. The van der Waals surface area contributed by atoms with Gasteiger partial charge in [-0.2, -0.15) is 0 Å². The van der Waals surface area contributed by atoms with Crippen LogP contribution in [0.15, 0.2) is 23.6 Å². The third kappa shape index (κ3) is 3.92. The third-order valence-electron chi connectivity index (χ3n) is 3.66. The average molecular weight is 306 g/mol. The van der Waals surface area contributed by atoms with E-state index in [2.05, 4.69) is 47.8 Å². The van der Waals surface area contributed by atoms with Gasteiger partial charge in [0, 0.05) is 40.3 Å². The van der Waals surface area contributed by atoms with Crippen LogP contribution in [-0.4, -0.2) is 18.0 Å². The molecule has 0 aliphatic heterocycles. The Balaban J connectivity index is 1.55. The minimum Gasteiger partial charge on any atom is -0.309 e. The summed E-state index contributed by atoms with van der Waals surface area (Å²) in [6.07, 6.45) is 2.72. The Morgan fingerprint density at radius 3 is 2.85 bits per heavy atom. The van der Waals surface area contributed by atoms with Crippen LogP contribution in [-0.2, 0) is 19.6 Å². The summed E-state index contributed by atoms with van der Waals surface area (Å²) in [5.74, 6) is 0. The van der Waals surface area contributed by atoms with Crippen molar-refractivity contribution < 1.29 is 0 Å². The van der Waals surface area contributed by atoms with Crippen molar-refractivity contribution in [3.05, 3.63) is 43.8 Å². The van der Waals surface area contributed by atoms with Gasteiger partial charge in [0.25, 0.3) is 0 Å². The van der Waals surface area contributed by atoms with E-state index in [9.17, 15) is 0 Å². The van der Waals surface area contributed by atoms with Crippen LogP contribution in [0.3, 0.4) is 0 Å². The molecule has 0 aromatic carbocycles. The van der Waals surface area contributed by atoms with Gasteiger partial charge in [0.05, 0.1) is 0 Å². The van der Waals surface area contributed by atoms with Gasteiger partial charge in [-0.15, -0.1) is 22.7 Å². The molecule has 0 spiro atoms. The van der Waals surface area contributed by atoms with Crippen molar-refractivity contribution >= 4 is 22.7 Å². The fourth-order valence-corrected chi connectivity index (χ4v) is 4.17. The van der Waals surface area contributed by atoms with Crippen LogP contribution in [0.2, 0.25) is 0 Å². The predicted molar refractivity (Wildman–Crippen MR) is 88.4 cm³/mol. The summed E-state index contributed by atoms with van der Waals surface area (Å²) in [6, 6.07) is 7.53. The zero-order valence-electron chi connectivity index (χ0n) is 12.2. The Hall–Kier alpha value is -0.680. The number of rotatable bonds is 7. The fraction of sp³-hybridized carbons (Fsp3) is 0.500. The molecule has 0 radical (unpaired) electrons. The molecule has 0 atom stereocenters. The number of aryl methyl sites for hydroxylation is 1. The second kappa shape index (κ2) is 6.39. The number of hydrogen-bond acceptors (Lipinski definition) is 4. The Morgan fingerprint density at radius 2 is 2.15 bits per heavy atom. The van der Waals surface area contributed by atoms with Crippen LogP contribution in [0.1, 0.15) is 33.0 Å². The molecule has 3 rings (SSSR count). The van der Waals surface area contributed by atoms with Crippen molar-refractivity contribution in [3.8, 4) is 0 Å². The smallest absolute Gasteiger partial charge is 0.0328 e. The van der Waals surface area contributed by atoms with E-state index in [1.807, 2.05) is 22.7 Å². The molecule has 4 heteroatoms. The molecule has 1 aliphatic carbocycles. The van der Waals surface area contributed by atoms with Gasteiger partial charge in [-0.25, -0.2) is 0 Å². The lowest BCUT2D eigenvalue weighted by molar-refractivity contribution is 0.322. The van der Waals surface area contributed by atoms with E-state index in [0.29, 0.717) is 0 Å². The molecule has 108 valence electrons. The highest BCUT2D eigenvalue weighted by molar-refractivity contribution is 7.12. The monoisotopic (exact) mass is 306 g/mol. The summed E-state index contributed by atoms with van der Waals surface area (Å²) in [6.45, 7) is 5.39. The van der Waals surface area contributed by atoms with Crippen LogP contribution < -0.4 is 5.32 Å². The van der Waals surface area contributed by atoms with Crippen molar-refractivity contribution in [1.29, 1.82) is 0 Å². The number of thiophene rings is 2. The summed E-state index contributed by atoms with van der Waals surface area (Å²) in [5.41, 5.74) is 1.49. The molecule has 0 saturated heterocycles. The zero-order chi connectivity index (χ0) is 13.9. The predicted octanol–water partition coefficient (Wildman–Crippen LogP) is 4.00. The highest BCUT2D eigenvalue weighted by atomic mass is 32.1. The highest BCUT2D eigenvalue weighted by Crippen LogP contribution is 2.25. The van der Waals surface area contributed by atoms with Gasteiger partial charge in [0.2, 0.25) is 0 Å². The number of hydrogen-bond donors (Lipinski definition) is 1. The lowest BCUT2D eigenvalue weighted by Crippen LogP contribution is -2.16. The Morgan fingerprint density at radius 1 is 1.30 bits per heavy atom. The van der Waals surface area contributed by atoms with Crippen molar-refractivity contribution in [3.63, 3.8) is 0 Å². The molecule has 0 bridgehead atoms. The highest BCUT2D eigenvalue weighted by Gasteiger charge is 2.20. The summed E-state index contributed by atoms with van der Waals surface area (Å²) in [7, 11) is 2.21. The van der Waals surface area contributed by atoms with E-state index in [1.54, 1.807) is 0 Å². The van der Waals surface area contributed by atoms with Crippen molar-refractivity contribution in [1.82, 2.24) is 10.2 Å². The molecule has 2 aromatic rings. The van der Waals surface area contributed by atoms with Gasteiger partial charge >= 0.3 is 0 Å². The summed E-state index contributed by atoms with van der Waals surface area (Å²) in [5, 5.41) is 5.76. The van der Waals surface area contributed by atoms with E-state index in [4.69, 9.17) is 0 Å². The van der Waals surface area contributed by atoms with Crippen molar-refractivity contribution in [2.75, 3.05) is 7.05 Å². The fourth-order valence-electron chi connectivity index (χ4n) is 2.38. The van der Waals surface area contributed by atoms with Gasteiger partial charge < -0.3 is 5.32 Å². The number of nitrogens with zero attached hydrogens (tertiary/aromatic N) is 1. The maximum Gasteiger partial charge on any atom is 0.0328 e. The Kier molecular flexibility index (Phi) is 4.56. The maximum absolute atomic E-state index is 3.60. The molecule has 2 aromatic heterocycles. The van der Waals surface area contributed by atoms with Crippen molar-refractivity contribution in [2.24, 2.45) is 0 Å². The summed E-state index contributed by atoms with van der Waals surface area (Å²) >= 11 is 3.79. The second-order valence-electron chi connectivity index (χ2n) is 5.70. The first-order chi connectivity index (χ1) is 9.70. The van der Waals surface area contributed by atoms with Gasteiger partial charge in [0.15, 0.2) is 0 Å². The quantitative estimate of drug-likeness (QED) is 0.831. The molecule has 2 nitrogen and oxygen atoms in total. The minimum atomic E-state index is 0.794. The normalized spacial score (nSPS) is 15.2. The lowest BCUT2D eigenvalue weighted by Gasteiger charge is -2.15. The molecule has 0 unspecified atom stereocenters. The van der Waals surface area contributed by atoms with E-state index < -0.39 is 0 Å². The van der Waals surface area contributed by atoms with Crippen LogP contribution in [0.4, 0.5) is 0 Å². The van der Waals surface area contributed by atoms with Crippen LogP contribution in [0.25, 0.3) is 0 Å². The van der Waals surface area contributed by atoms with E-state index in [1.165, 1.54) is 33.0 Å². The minimum absolute atomic E-state index is 0.794. The molecular formula is C16H22N2S2. The van der Waals surface area contributed by atoms with E-state index in [-0.39, 0.29) is 0 Å². The SMILES string of the molecule is Cc1sc(CNC2CC2)cc1CN(C)Cc1cccs1. The Labute approximate surface area is 129 Å². The Bertz CT molecular complexity index is 541. The van der Waals surface area contributed by atoms with Crippen LogP contribution >= 0.6 is 22.7 Å². The molecule has 1 fully saturated rings. The first-order valence-electron chi connectivity index (χ1n) is 7.23. The molecule has 20 heavy (non-hydrogen) atoms. The first-order valence-corrected chi connectivity index (χ1v) is 8.93. The third-order valence-corrected chi connectivity index (χ3v) is 5.61. The summed E-state index contributed by atoms with van der Waals surface area (Å²) in [4.78, 5) is 6.79. The van der Waals surface area contributed by atoms with Gasteiger partial charge in [-0.05, 0) is 49.9 Å². The summed E-state index contributed by atoms with van der Waals surface area (Å²) < 4.78 is 0. The maximum atomic E-state index is 3.60. The van der Waals surface area contributed by atoms with Gasteiger partial charge in [0.1, 0.15) is 0 Å². The number of nitrogens with one attached hydrogen (secondary N) is 1. The van der Waals surface area contributed by atoms with Crippen LogP contribution in [0.5, 0.6) is 0 Å². The molecule has 1 aliphatic rings.